The lowest BCUT2D eigenvalue weighted by molar-refractivity contribution is -0.380. The van der Waals surface area contributed by atoms with Crippen LogP contribution in [0.15, 0.2) is 42.7 Å². The van der Waals surface area contributed by atoms with Gasteiger partial charge in [0, 0.05) is 29.4 Å². The van der Waals surface area contributed by atoms with E-state index in [0.717, 1.165) is 11.3 Å². The zero-order chi connectivity index (χ0) is 17.1. The van der Waals surface area contributed by atoms with Crippen molar-refractivity contribution in [2.75, 3.05) is 0 Å². The van der Waals surface area contributed by atoms with Gasteiger partial charge in [-0.2, -0.15) is 0 Å². The standard InChI is InChI=1S/C15H12N4O4S/c20-12-2-1-7-18-9-10(17-15(12)18)8-16-13(21)5-3-11-4-6-14(24-11)19(22)23/h1-7,9,20H,8H2,(H,16,21)/b5-3+. The summed E-state index contributed by atoms with van der Waals surface area (Å²) in [5, 5.41) is 23.0. The highest BCUT2D eigenvalue weighted by Crippen LogP contribution is 2.24. The molecule has 0 saturated heterocycles. The molecule has 0 saturated carbocycles. The molecule has 0 spiro atoms. The number of rotatable bonds is 5. The summed E-state index contributed by atoms with van der Waals surface area (Å²) in [6.45, 7) is 0.203. The van der Waals surface area contributed by atoms with Crippen LogP contribution in [0.1, 0.15) is 10.6 Å². The van der Waals surface area contributed by atoms with E-state index in [2.05, 4.69) is 10.3 Å². The van der Waals surface area contributed by atoms with Gasteiger partial charge in [-0.3, -0.25) is 14.9 Å². The summed E-state index contributed by atoms with van der Waals surface area (Å²) in [5.74, 6) is -0.276. The third-order valence-corrected chi connectivity index (χ3v) is 4.15. The molecule has 0 bridgehead atoms. The van der Waals surface area contributed by atoms with E-state index >= 15 is 0 Å². The quantitative estimate of drug-likeness (QED) is 0.419. The van der Waals surface area contributed by atoms with Gasteiger partial charge in [0.25, 0.3) is 0 Å². The fourth-order valence-corrected chi connectivity index (χ4v) is 2.78. The Balaban J connectivity index is 1.60. The predicted molar refractivity (Wildman–Crippen MR) is 88.7 cm³/mol. The first-order chi connectivity index (χ1) is 11.5. The second-order valence-electron chi connectivity index (χ2n) is 4.84. The van der Waals surface area contributed by atoms with E-state index in [9.17, 15) is 20.0 Å². The van der Waals surface area contributed by atoms with Crippen LogP contribution in [0.5, 0.6) is 5.75 Å². The molecule has 0 aromatic carbocycles. The van der Waals surface area contributed by atoms with Crippen molar-refractivity contribution in [2.45, 2.75) is 6.54 Å². The lowest BCUT2D eigenvalue weighted by atomic mass is 10.4. The number of carbonyl (C=O) groups excluding carboxylic acids is 1. The molecule has 3 heterocycles. The number of thiophene rings is 1. The average Bonchev–Trinajstić information content (AvgIpc) is 3.18. The van der Waals surface area contributed by atoms with Crippen molar-refractivity contribution in [1.29, 1.82) is 0 Å². The Morgan fingerprint density at radius 3 is 3.00 bits per heavy atom. The van der Waals surface area contributed by atoms with E-state index in [1.54, 1.807) is 28.9 Å². The molecule has 3 rings (SSSR count). The molecule has 24 heavy (non-hydrogen) atoms. The monoisotopic (exact) mass is 344 g/mol. The van der Waals surface area contributed by atoms with Gasteiger partial charge >= 0.3 is 5.00 Å². The average molecular weight is 344 g/mol. The Bertz CT molecular complexity index is 944. The molecule has 9 heteroatoms. The van der Waals surface area contributed by atoms with Crippen molar-refractivity contribution in [1.82, 2.24) is 14.7 Å². The number of nitrogens with zero attached hydrogens (tertiary/aromatic N) is 3. The van der Waals surface area contributed by atoms with Gasteiger partial charge < -0.3 is 14.8 Å². The van der Waals surface area contributed by atoms with Gasteiger partial charge in [-0.15, -0.1) is 0 Å². The first-order valence-electron chi connectivity index (χ1n) is 6.88. The smallest absolute Gasteiger partial charge is 0.324 e. The van der Waals surface area contributed by atoms with Crippen LogP contribution in [0.4, 0.5) is 5.00 Å². The normalized spacial score (nSPS) is 11.2. The molecule has 0 aliphatic rings. The second-order valence-corrected chi connectivity index (χ2v) is 5.93. The van der Waals surface area contributed by atoms with Crippen LogP contribution >= 0.6 is 11.3 Å². The van der Waals surface area contributed by atoms with Crippen molar-refractivity contribution in [3.63, 3.8) is 0 Å². The molecule has 0 fully saturated rings. The number of fused-ring (bicyclic) bond motifs is 1. The zero-order valence-corrected chi connectivity index (χ0v) is 13.1. The third kappa shape index (κ3) is 3.41. The summed E-state index contributed by atoms with van der Waals surface area (Å²) >= 11 is 0.993. The lowest BCUT2D eigenvalue weighted by Crippen LogP contribution is -2.20. The van der Waals surface area contributed by atoms with Crippen LogP contribution in [0, 0.1) is 10.1 Å². The minimum Gasteiger partial charge on any atom is -0.504 e. The number of hydrogen-bond donors (Lipinski definition) is 2. The number of aromatic hydroxyl groups is 1. The largest absolute Gasteiger partial charge is 0.504 e. The molecule has 3 aromatic rings. The van der Waals surface area contributed by atoms with Gasteiger partial charge in [0.2, 0.25) is 5.91 Å². The lowest BCUT2D eigenvalue weighted by Gasteiger charge is -1.97. The van der Waals surface area contributed by atoms with Crippen molar-refractivity contribution in [2.24, 2.45) is 0 Å². The van der Waals surface area contributed by atoms with Crippen LogP contribution in [0.3, 0.4) is 0 Å². The molecule has 0 unspecified atom stereocenters. The number of aromatic nitrogens is 2. The summed E-state index contributed by atoms with van der Waals surface area (Å²) in [5.41, 5.74) is 1.02. The number of nitrogens with one attached hydrogen (secondary N) is 1. The van der Waals surface area contributed by atoms with Gasteiger partial charge in [0.05, 0.1) is 17.2 Å². The second kappa shape index (κ2) is 6.50. The summed E-state index contributed by atoms with van der Waals surface area (Å²) in [7, 11) is 0. The summed E-state index contributed by atoms with van der Waals surface area (Å²) < 4.78 is 1.66. The number of imidazole rings is 1. The van der Waals surface area contributed by atoms with Crippen molar-refractivity contribution < 1.29 is 14.8 Å². The molecule has 0 aliphatic heterocycles. The maximum atomic E-state index is 11.8. The SMILES string of the molecule is O=C(/C=C/c1ccc([N+](=O)[O-])s1)NCc1cn2cccc(O)c2n1. The molecule has 122 valence electrons. The molecular weight excluding hydrogens is 332 g/mol. The van der Waals surface area contributed by atoms with E-state index in [1.165, 1.54) is 24.3 Å². The zero-order valence-electron chi connectivity index (χ0n) is 12.2. The maximum Gasteiger partial charge on any atom is 0.324 e. The van der Waals surface area contributed by atoms with E-state index in [-0.39, 0.29) is 23.2 Å². The highest BCUT2D eigenvalue weighted by molar-refractivity contribution is 7.16. The molecule has 0 radical (unpaired) electrons. The predicted octanol–water partition coefficient (Wildman–Crippen LogP) is 2.34. The maximum absolute atomic E-state index is 11.8. The number of hydrogen-bond acceptors (Lipinski definition) is 6. The van der Waals surface area contributed by atoms with Crippen LogP contribution < -0.4 is 5.32 Å². The highest BCUT2D eigenvalue weighted by Gasteiger charge is 2.08. The van der Waals surface area contributed by atoms with Crippen LogP contribution in [0.2, 0.25) is 0 Å². The molecular formula is C15H12N4O4S. The fraction of sp³-hybridized carbons (Fsp3) is 0.0667. The van der Waals surface area contributed by atoms with Gasteiger partial charge in [-0.25, -0.2) is 4.98 Å². The van der Waals surface area contributed by atoms with Crippen LogP contribution in [-0.2, 0) is 11.3 Å². The summed E-state index contributed by atoms with van der Waals surface area (Å²) in [6, 6.07) is 6.20. The number of amides is 1. The molecule has 2 N–H and O–H groups in total. The van der Waals surface area contributed by atoms with Crippen LogP contribution in [0.25, 0.3) is 11.7 Å². The van der Waals surface area contributed by atoms with Crippen molar-refractivity contribution in [3.05, 3.63) is 63.4 Å². The van der Waals surface area contributed by atoms with Crippen molar-refractivity contribution >= 4 is 34.0 Å². The first kappa shape index (κ1) is 15.7. The number of carbonyl (C=O) groups is 1. The molecule has 0 atom stereocenters. The van der Waals surface area contributed by atoms with E-state index in [0.29, 0.717) is 16.2 Å². The van der Waals surface area contributed by atoms with Crippen LogP contribution in [-0.4, -0.2) is 25.3 Å². The Labute approximate surface area is 139 Å². The summed E-state index contributed by atoms with van der Waals surface area (Å²) in [6.07, 6.45) is 6.28. The van der Waals surface area contributed by atoms with Gasteiger partial charge in [0.15, 0.2) is 11.4 Å². The van der Waals surface area contributed by atoms with E-state index < -0.39 is 4.92 Å². The minimum atomic E-state index is -0.471. The van der Waals surface area contributed by atoms with Gasteiger partial charge in [0.1, 0.15) is 0 Å². The van der Waals surface area contributed by atoms with Gasteiger partial charge in [-0.1, -0.05) is 11.3 Å². The number of pyridine rings is 1. The Morgan fingerprint density at radius 2 is 2.29 bits per heavy atom. The van der Waals surface area contributed by atoms with E-state index in [1.807, 2.05) is 0 Å². The molecule has 3 aromatic heterocycles. The number of nitro groups is 1. The topological polar surface area (TPSA) is 110 Å². The fourth-order valence-electron chi connectivity index (χ4n) is 2.06. The highest BCUT2D eigenvalue weighted by atomic mass is 32.1. The Morgan fingerprint density at radius 1 is 1.46 bits per heavy atom. The van der Waals surface area contributed by atoms with E-state index in [4.69, 9.17) is 0 Å². The molecule has 1 amide bonds. The van der Waals surface area contributed by atoms with Gasteiger partial charge in [-0.05, 0) is 24.3 Å². The molecule has 8 nitrogen and oxygen atoms in total. The third-order valence-electron chi connectivity index (χ3n) is 3.15. The Kier molecular flexibility index (Phi) is 4.25. The molecule has 0 aliphatic carbocycles. The summed E-state index contributed by atoms with van der Waals surface area (Å²) in [4.78, 5) is 26.8. The Hall–Kier alpha value is -3.20. The van der Waals surface area contributed by atoms with Crippen molar-refractivity contribution in [3.8, 4) is 5.75 Å². The first-order valence-corrected chi connectivity index (χ1v) is 7.70. The minimum absolute atomic E-state index is 0.0274.